The molecule has 0 atom stereocenters. The molecule has 0 rings (SSSR count). The number of nitriles is 1. The van der Waals surface area contributed by atoms with Crippen LogP contribution in [-0.2, 0) is 19.6 Å². The Morgan fingerprint density at radius 1 is 1.24 bits per heavy atom. The molecule has 8 nitrogen and oxygen atoms in total. The maximum absolute atomic E-state index is 11.3. The molecule has 0 saturated carbocycles. The van der Waals surface area contributed by atoms with E-state index in [2.05, 4.69) is 5.32 Å². The summed E-state index contributed by atoms with van der Waals surface area (Å²) in [6.45, 7) is -0.443. The van der Waals surface area contributed by atoms with Crippen molar-refractivity contribution >= 4 is 21.8 Å². The van der Waals surface area contributed by atoms with Crippen molar-refractivity contribution in [2.24, 2.45) is 0 Å². The molecule has 0 aliphatic carbocycles. The van der Waals surface area contributed by atoms with Crippen LogP contribution in [0, 0.1) is 11.3 Å². The Bertz CT molecular complexity index is 423. The van der Waals surface area contributed by atoms with Crippen LogP contribution in [0.15, 0.2) is 0 Å². The smallest absolute Gasteiger partial charge is 0.310 e. The molecule has 96 valence electrons. The van der Waals surface area contributed by atoms with E-state index in [0.29, 0.717) is 0 Å². The third-order valence-electron chi connectivity index (χ3n) is 1.74. The van der Waals surface area contributed by atoms with Crippen molar-refractivity contribution in [3.63, 3.8) is 0 Å². The fourth-order valence-corrected chi connectivity index (χ4v) is 1.48. The average Bonchev–Trinajstić information content (AvgIpc) is 2.25. The second-order valence-electron chi connectivity index (χ2n) is 3.20. The third-order valence-corrected chi connectivity index (χ3v) is 3.57. The molecule has 0 aliphatic rings. The number of carbonyl (C=O) groups excluding carboxylic acids is 2. The summed E-state index contributed by atoms with van der Waals surface area (Å²) in [5.41, 5.74) is 0. The SMILES string of the molecule is CN(C)S(=O)(=O)CCNC(=O)C(=O)NCC#N. The highest BCUT2D eigenvalue weighted by atomic mass is 32.2. The first kappa shape index (κ1) is 15.3. The van der Waals surface area contributed by atoms with Gasteiger partial charge < -0.3 is 10.6 Å². The van der Waals surface area contributed by atoms with E-state index in [9.17, 15) is 18.0 Å². The maximum Gasteiger partial charge on any atom is 0.310 e. The van der Waals surface area contributed by atoms with Crippen LogP contribution in [0.5, 0.6) is 0 Å². The molecule has 0 radical (unpaired) electrons. The van der Waals surface area contributed by atoms with Crippen LogP contribution in [-0.4, -0.2) is 57.5 Å². The van der Waals surface area contributed by atoms with Gasteiger partial charge in [0.2, 0.25) is 10.0 Å². The first-order chi connectivity index (χ1) is 7.81. The Balaban J connectivity index is 4.03. The molecular weight excluding hydrogens is 248 g/mol. The predicted molar refractivity (Wildman–Crippen MR) is 59.1 cm³/mol. The zero-order valence-electron chi connectivity index (χ0n) is 9.56. The van der Waals surface area contributed by atoms with Gasteiger partial charge in [-0.25, -0.2) is 12.7 Å². The average molecular weight is 262 g/mol. The van der Waals surface area contributed by atoms with Gasteiger partial charge in [-0.15, -0.1) is 0 Å². The van der Waals surface area contributed by atoms with Crippen molar-refractivity contribution < 1.29 is 18.0 Å². The number of hydrogen-bond acceptors (Lipinski definition) is 5. The first-order valence-electron chi connectivity index (χ1n) is 4.64. The lowest BCUT2D eigenvalue weighted by molar-refractivity contribution is -0.138. The van der Waals surface area contributed by atoms with Crippen LogP contribution in [0.4, 0.5) is 0 Å². The van der Waals surface area contributed by atoms with E-state index < -0.39 is 21.8 Å². The van der Waals surface area contributed by atoms with Gasteiger partial charge in [0, 0.05) is 20.6 Å². The van der Waals surface area contributed by atoms with Crippen LogP contribution in [0.3, 0.4) is 0 Å². The lowest BCUT2D eigenvalue weighted by Crippen LogP contribution is -2.42. The van der Waals surface area contributed by atoms with E-state index in [0.717, 1.165) is 4.31 Å². The highest BCUT2D eigenvalue weighted by Crippen LogP contribution is 1.91. The van der Waals surface area contributed by atoms with Gasteiger partial charge in [-0.2, -0.15) is 5.26 Å². The molecule has 0 saturated heterocycles. The fraction of sp³-hybridized carbons (Fsp3) is 0.625. The Kier molecular flexibility index (Phi) is 6.16. The number of sulfonamides is 1. The quantitative estimate of drug-likeness (QED) is 0.424. The maximum atomic E-state index is 11.3. The Morgan fingerprint density at radius 2 is 1.76 bits per heavy atom. The third kappa shape index (κ3) is 5.84. The zero-order chi connectivity index (χ0) is 13.5. The Morgan fingerprint density at radius 3 is 2.24 bits per heavy atom. The molecule has 0 aromatic heterocycles. The zero-order valence-corrected chi connectivity index (χ0v) is 10.4. The van der Waals surface area contributed by atoms with Crippen LogP contribution >= 0.6 is 0 Å². The Labute approximate surface area is 99.6 Å². The second kappa shape index (κ2) is 6.82. The topological polar surface area (TPSA) is 119 Å². The fourth-order valence-electron chi connectivity index (χ4n) is 0.756. The van der Waals surface area contributed by atoms with Crippen LogP contribution in [0.2, 0.25) is 0 Å². The summed E-state index contributed by atoms with van der Waals surface area (Å²) in [6.07, 6.45) is 0. The van der Waals surface area contributed by atoms with Gasteiger partial charge in [-0.3, -0.25) is 9.59 Å². The van der Waals surface area contributed by atoms with Gasteiger partial charge in [-0.1, -0.05) is 0 Å². The standard InChI is InChI=1S/C8H14N4O4S/c1-12(2)17(15,16)6-5-11-8(14)7(13)10-4-3-9/h4-6H2,1-2H3,(H,10,13)(H,11,14). The van der Waals surface area contributed by atoms with E-state index in [1.54, 1.807) is 6.07 Å². The van der Waals surface area contributed by atoms with E-state index in [1.807, 2.05) is 5.32 Å². The molecule has 0 spiro atoms. The molecular formula is C8H14N4O4S. The van der Waals surface area contributed by atoms with Gasteiger partial charge >= 0.3 is 11.8 Å². The molecule has 0 bridgehead atoms. The molecule has 17 heavy (non-hydrogen) atoms. The first-order valence-corrected chi connectivity index (χ1v) is 6.25. The molecule has 9 heteroatoms. The summed E-state index contributed by atoms with van der Waals surface area (Å²) in [7, 11) is -0.658. The van der Waals surface area contributed by atoms with Crippen LogP contribution in [0.25, 0.3) is 0 Å². The highest BCUT2D eigenvalue weighted by Gasteiger charge is 2.16. The van der Waals surface area contributed by atoms with Crippen molar-refractivity contribution in [1.29, 1.82) is 5.26 Å². The van der Waals surface area contributed by atoms with Crippen molar-refractivity contribution in [3.8, 4) is 6.07 Å². The lowest BCUT2D eigenvalue weighted by Gasteiger charge is -2.11. The summed E-state index contributed by atoms with van der Waals surface area (Å²) in [5.74, 6) is -2.22. The van der Waals surface area contributed by atoms with E-state index in [-0.39, 0.29) is 18.8 Å². The predicted octanol–water partition coefficient (Wildman–Crippen LogP) is -2.37. The van der Waals surface area contributed by atoms with Crippen LogP contribution in [0.1, 0.15) is 0 Å². The molecule has 0 aromatic rings. The number of amides is 2. The van der Waals surface area contributed by atoms with Gasteiger partial charge in [0.05, 0.1) is 11.8 Å². The molecule has 0 aliphatic heterocycles. The molecule has 0 fully saturated rings. The number of nitrogens with one attached hydrogen (secondary N) is 2. The normalized spacial score (nSPS) is 10.7. The number of hydrogen-bond donors (Lipinski definition) is 2. The molecule has 0 unspecified atom stereocenters. The van der Waals surface area contributed by atoms with Gasteiger partial charge in [0.1, 0.15) is 6.54 Å². The van der Waals surface area contributed by atoms with Gasteiger partial charge in [0.25, 0.3) is 0 Å². The van der Waals surface area contributed by atoms with Crippen LogP contribution < -0.4 is 10.6 Å². The van der Waals surface area contributed by atoms with Gasteiger partial charge in [-0.05, 0) is 0 Å². The molecule has 2 amide bonds. The summed E-state index contributed by atoms with van der Waals surface area (Å²) in [6, 6.07) is 1.63. The minimum atomic E-state index is -3.40. The van der Waals surface area contributed by atoms with E-state index >= 15 is 0 Å². The largest absolute Gasteiger partial charge is 0.347 e. The van der Waals surface area contributed by atoms with E-state index in [1.165, 1.54) is 14.1 Å². The molecule has 0 aromatic carbocycles. The number of carbonyl (C=O) groups is 2. The molecule has 0 heterocycles. The van der Waals surface area contributed by atoms with Crippen molar-refractivity contribution in [1.82, 2.24) is 14.9 Å². The number of nitrogens with zero attached hydrogens (tertiary/aromatic N) is 2. The number of rotatable bonds is 5. The summed E-state index contributed by atoms with van der Waals surface area (Å²) >= 11 is 0. The van der Waals surface area contributed by atoms with Crippen molar-refractivity contribution in [2.75, 3.05) is 32.9 Å². The minimum absolute atomic E-state index is 0.167. The van der Waals surface area contributed by atoms with Crippen molar-refractivity contribution in [2.45, 2.75) is 0 Å². The minimum Gasteiger partial charge on any atom is -0.347 e. The van der Waals surface area contributed by atoms with Crippen molar-refractivity contribution in [3.05, 3.63) is 0 Å². The highest BCUT2D eigenvalue weighted by molar-refractivity contribution is 7.89. The second-order valence-corrected chi connectivity index (χ2v) is 5.50. The van der Waals surface area contributed by atoms with E-state index in [4.69, 9.17) is 5.26 Å². The summed E-state index contributed by atoms with van der Waals surface area (Å²) in [5, 5.41) is 12.3. The molecule has 2 N–H and O–H groups in total. The summed E-state index contributed by atoms with van der Waals surface area (Å²) < 4.78 is 23.6. The monoisotopic (exact) mass is 262 g/mol. The van der Waals surface area contributed by atoms with Gasteiger partial charge in [0.15, 0.2) is 0 Å². The summed E-state index contributed by atoms with van der Waals surface area (Å²) in [4.78, 5) is 22.0. The lowest BCUT2D eigenvalue weighted by atomic mass is 10.5. The Hall–Kier alpha value is -1.66.